The summed E-state index contributed by atoms with van der Waals surface area (Å²) in [5.74, 6) is 0.507. The van der Waals surface area contributed by atoms with Crippen molar-refractivity contribution in [3.8, 4) is 5.95 Å². The standard InChI is InChI=1S/C18H16FN5/c1-10-2-6-14-17(16(10)19)24(12-4-5-12)18(22-14)23-9-21-13-7-3-11(20)8-15(13)23/h2-3,6-9,12H,4-5,20H2,1H3. The molecule has 2 aromatic heterocycles. The molecule has 0 amide bonds. The number of hydrogen-bond acceptors (Lipinski definition) is 3. The number of fused-ring (bicyclic) bond motifs is 2. The summed E-state index contributed by atoms with van der Waals surface area (Å²) in [6, 6.07) is 9.53. The molecule has 1 aliphatic rings. The van der Waals surface area contributed by atoms with E-state index in [4.69, 9.17) is 10.7 Å². The molecule has 1 aliphatic carbocycles. The van der Waals surface area contributed by atoms with Crippen LogP contribution in [0.5, 0.6) is 0 Å². The smallest absolute Gasteiger partial charge is 0.217 e. The van der Waals surface area contributed by atoms with Crippen molar-refractivity contribution in [2.24, 2.45) is 0 Å². The number of anilines is 1. The quantitative estimate of drug-likeness (QED) is 0.572. The molecule has 0 radical (unpaired) electrons. The van der Waals surface area contributed by atoms with Crippen LogP contribution in [0.4, 0.5) is 10.1 Å². The van der Waals surface area contributed by atoms with E-state index in [0.717, 1.165) is 23.9 Å². The van der Waals surface area contributed by atoms with Crippen LogP contribution in [0.3, 0.4) is 0 Å². The molecule has 6 heteroatoms. The fourth-order valence-corrected chi connectivity index (χ4v) is 3.27. The van der Waals surface area contributed by atoms with Crippen LogP contribution < -0.4 is 5.73 Å². The lowest BCUT2D eigenvalue weighted by Gasteiger charge is -2.10. The number of nitrogens with zero attached hydrogens (tertiary/aromatic N) is 4. The Morgan fingerprint density at radius 1 is 1.17 bits per heavy atom. The van der Waals surface area contributed by atoms with Gasteiger partial charge in [0.1, 0.15) is 11.8 Å². The molecule has 0 atom stereocenters. The first kappa shape index (κ1) is 13.5. The van der Waals surface area contributed by atoms with Crippen molar-refractivity contribution < 1.29 is 4.39 Å². The van der Waals surface area contributed by atoms with E-state index in [1.54, 1.807) is 19.3 Å². The molecule has 2 N–H and O–H groups in total. The van der Waals surface area contributed by atoms with Crippen LogP contribution >= 0.6 is 0 Å². The Hall–Kier alpha value is -2.89. The summed E-state index contributed by atoms with van der Waals surface area (Å²) in [4.78, 5) is 9.13. The van der Waals surface area contributed by atoms with Crippen LogP contribution in [0.1, 0.15) is 24.4 Å². The Bertz CT molecular complexity index is 1100. The molecule has 0 spiro atoms. The van der Waals surface area contributed by atoms with Gasteiger partial charge in [0.05, 0.1) is 16.6 Å². The zero-order valence-electron chi connectivity index (χ0n) is 13.2. The van der Waals surface area contributed by atoms with Crippen molar-refractivity contribution in [2.45, 2.75) is 25.8 Å². The summed E-state index contributed by atoms with van der Waals surface area (Å²) in [5, 5.41) is 0. The van der Waals surface area contributed by atoms with E-state index in [9.17, 15) is 4.39 Å². The molecule has 24 heavy (non-hydrogen) atoms. The van der Waals surface area contributed by atoms with Gasteiger partial charge in [-0.3, -0.25) is 4.57 Å². The van der Waals surface area contributed by atoms with Gasteiger partial charge in [-0.05, 0) is 49.6 Å². The van der Waals surface area contributed by atoms with Crippen LogP contribution in [0, 0.1) is 12.7 Å². The molecule has 1 saturated carbocycles. The van der Waals surface area contributed by atoms with Gasteiger partial charge in [-0.25, -0.2) is 14.4 Å². The van der Waals surface area contributed by atoms with Crippen LogP contribution in [0.25, 0.3) is 28.0 Å². The molecule has 2 aromatic carbocycles. The second-order valence-corrected chi connectivity index (χ2v) is 6.44. The molecule has 5 rings (SSSR count). The summed E-state index contributed by atoms with van der Waals surface area (Å²) in [7, 11) is 0. The van der Waals surface area contributed by atoms with Gasteiger partial charge in [0.25, 0.3) is 0 Å². The fourth-order valence-electron chi connectivity index (χ4n) is 3.27. The predicted molar refractivity (Wildman–Crippen MR) is 91.7 cm³/mol. The van der Waals surface area contributed by atoms with E-state index in [-0.39, 0.29) is 5.82 Å². The van der Waals surface area contributed by atoms with Gasteiger partial charge in [0.15, 0.2) is 5.82 Å². The van der Waals surface area contributed by atoms with Crippen LogP contribution in [0.15, 0.2) is 36.7 Å². The fraction of sp³-hybridized carbons (Fsp3) is 0.222. The summed E-state index contributed by atoms with van der Waals surface area (Å²) in [6.45, 7) is 1.78. The topological polar surface area (TPSA) is 61.7 Å². The first-order valence-corrected chi connectivity index (χ1v) is 8.03. The Kier molecular flexibility index (Phi) is 2.58. The van der Waals surface area contributed by atoms with E-state index in [0.29, 0.717) is 34.3 Å². The molecule has 5 nitrogen and oxygen atoms in total. The van der Waals surface area contributed by atoms with Crippen molar-refractivity contribution in [2.75, 3.05) is 5.73 Å². The summed E-state index contributed by atoms with van der Waals surface area (Å²) < 4.78 is 18.7. The third-order valence-corrected chi connectivity index (χ3v) is 4.66. The van der Waals surface area contributed by atoms with Gasteiger partial charge in [-0.15, -0.1) is 0 Å². The van der Waals surface area contributed by atoms with Crippen molar-refractivity contribution in [1.82, 2.24) is 19.1 Å². The van der Waals surface area contributed by atoms with E-state index >= 15 is 0 Å². The maximum atomic E-state index is 14.8. The van der Waals surface area contributed by atoms with E-state index in [1.807, 2.05) is 33.4 Å². The molecule has 2 heterocycles. The van der Waals surface area contributed by atoms with Gasteiger partial charge < -0.3 is 10.3 Å². The van der Waals surface area contributed by atoms with Crippen LogP contribution in [-0.2, 0) is 0 Å². The molecular weight excluding hydrogens is 305 g/mol. The number of aromatic nitrogens is 4. The highest BCUT2D eigenvalue weighted by Gasteiger charge is 2.31. The van der Waals surface area contributed by atoms with Crippen molar-refractivity contribution in [3.63, 3.8) is 0 Å². The first-order chi connectivity index (χ1) is 11.6. The van der Waals surface area contributed by atoms with E-state index in [2.05, 4.69) is 4.98 Å². The number of hydrogen-bond donors (Lipinski definition) is 1. The Morgan fingerprint density at radius 3 is 2.75 bits per heavy atom. The normalized spacial score (nSPS) is 14.8. The van der Waals surface area contributed by atoms with Crippen LogP contribution in [0.2, 0.25) is 0 Å². The van der Waals surface area contributed by atoms with Gasteiger partial charge in [0.2, 0.25) is 5.95 Å². The number of halogens is 1. The summed E-state index contributed by atoms with van der Waals surface area (Å²) in [6.07, 6.45) is 3.82. The molecule has 0 bridgehead atoms. The molecule has 120 valence electrons. The van der Waals surface area contributed by atoms with Crippen molar-refractivity contribution in [3.05, 3.63) is 48.0 Å². The lowest BCUT2D eigenvalue weighted by molar-refractivity contribution is 0.613. The predicted octanol–water partition coefficient (Wildman–Crippen LogP) is 3.74. The molecular formula is C18H16FN5. The van der Waals surface area contributed by atoms with E-state index in [1.165, 1.54) is 0 Å². The summed E-state index contributed by atoms with van der Waals surface area (Å²) >= 11 is 0. The Balaban J connectivity index is 1.87. The van der Waals surface area contributed by atoms with Crippen molar-refractivity contribution >= 4 is 27.8 Å². The Morgan fingerprint density at radius 2 is 1.96 bits per heavy atom. The first-order valence-electron chi connectivity index (χ1n) is 8.03. The average Bonchev–Trinajstić information content (AvgIpc) is 3.21. The minimum absolute atomic E-state index is 0.193. The van der Waals surface area contributed by atoms with Gasteiger partial charge in [0, 0.05) is 11.7 Å². The second-order valence-electron chi connectivity index (χ2n) is 6.44. The highest BCUT2D eigenvalue weighted by Crippen LogP contribution is 2.41. The van der Waals surface area contributed by atoms with Crippen molar-refractivity contribution in [1.29, 1.82) is 0 Å². The summed E-state index contributed by atoms with van der Waals surface area (Å²) in [5.41, 5.74) is 10.2. The molecule has 1 fully saturated rings. The number of nitrogens with two attached hydrogens (primary N) is 1. The lowest BCUT2D eigenvalue weighted by Crippen LogP contribution is -2.06. The zero-order chi connectivity index (χ0) is 16.4. The molecule has 4 aromatic rings. The third kappa shape index (κ3) is 1.79. The average molecular weight is 321 g/mol. The van der Waals surface area contributed by atoms with Gasteiger partial charge >= 0.3 is 0 Å². The molecule has 0 unspecified atom stereocenters. The van der Waals surface area contributed by atoms with Crippen LogP contribution in [-0.4, -0.2) is 19.1 Å². The van der Waals surface area contributed by atoms with E-state index < -0.39 is 0 Å². The number of benzene rings is 2. The molecule has 0 saturated heterocycles. The largest absolute Gasteiger partial charge is 0.399 e. The van der Waals surface area contributed by atoms with Gasteiger partial charge in [-0.1, -0.05) is 6.07 Å². The minimum atomic E-state index is -0.193. The highest BCUT2D eigenvalue weighted by molar-refractivity contribution is 5.83. The number of rotatable bonds is 2. The Labute approximate surface area is 137 Å². The third-order valence-electron chi connectivity index (χ3n) is 4.66. The maximum Gasteiger partial charge on any atom is 0.217 e. The highest BCUT2D eigenvalue weighted by atomic mass is 19.1. The number of nitrogen functional groups attached to an aromatic ring is 1. The molecule has 0 aliphatic heterocycles. The maximum absolute atomic E-state index is 14.8. The number of aryl methyl sites for hydroxylation is 1. The zero-order valence-corrected chi connectivity index (χ0v) is 13.2. The van der Waals surface area contributed by atoms with Gasteiger partial charge in [-0.2, -0.15) is 0 Å². The lowest BCUT2D eigenvalue weighted by atomic mass is 10.2. The SMILES string of the molecule is Cc1ccc2nc(-n3cnc4ccc(N)cc43)n(C3CC3)c2c1F. The minimum Gasteiger partial charge on any atom is -0.399 e. The number of imidazole rings is 2. The second kappa shape index (κ2) is 4.56. The monoisotopic (exact) mass is 321 g/mol.